The fourth-order valence-electron chi connectivity index (χ4n) is 2.83. The molecule has 25 heavy (non-hydrogen) atoms. The van der Waals surface area contributed by atoms with E-state index in [1.807, 2.05) is 11.8 Å². The average molecular weight is 349 g/mol. The maximum absolute atomic E-state index is 12.4. The zero-order valence-corrected chi connectivity index (χ0v) is 14.4. The molecule has 1 saturated heterocycles. The molecule has 136 valence electrons. The molecule has 2 rings (SSSR count). The van der Waals surface area contributed by atoms with Gasteiger partial charge in [-0.1, -0.05) is 0 Å². The third-order valence-corrected chi connectivity index (χ3v) is 4.25. The Morgan fingerprint density at radius 2 is 2.04 bits per heavy atom. The summed E-state index contributed by atoms with van der Waals surface area (Å²) in [5.74, 6) is -0.149. The Bertz CT molecular complexity index is 632. The first kappa shape index (κ1) is 18.7. The Labute approximate surface area is 146 Å². The summed E-state index contributed by atoms with van der Waals surface area (Å²) in [5, 5.41) is 13.2. The van der Waals surface area contributed by atoms with Crippen molar-refractivity contribution >= 4 is 17.5 Å². The molecule has 0 unspecified atom stereocenters. The molecule has 0 spiro atoms. The van der Waals surface area contributed by atoms with Crippen LogP contribution in [0.25, 0.3) is 0 Å². The second-order valence-corrected chi connectivity index (χ2v) is 6.21. The number of non-ortho nitro benzene ring substituents is 1. The van der Waals surface area contributed by atoms with Crippen molar-refractivity contribution < 1.29 is 19.2 Å². The molecule has 1 aromatic carbocycles. The van der Waals surface area contributed by atoms with Crippen LogP contribution in [0, 0.1) is 10.1 Å². The van der Waals surface area contributed by atoms with Gasteiger partial charge < -0.3 is 15.0 Å². The van der Waals surface area contributed by atoms with Gasteiger partial charge in [0, 0.05) is 24.7 Å². The van der Waals surface area contributed by atoms with Crippen LogP contribution in [-0.2, 0) is 9.59 Å². The number of nitro benzene ring substituents is 1. The third-order valence-electron chi connectivity index (χ3n) is 4.25. The van der Waals surface area contributed by atoms with Crippen LogP contribution in [0.2, 0.25) is 0 Å². The summed E-state index contributed by atoms with van der Waals surface area (Å²) in [7, 11) is 0. The van der Waals surface area contributed by atoms with E-state index in [0.717, 1.165) is 25.8 Å². The number of nitrogens with one attached hydrogen (secondary N) is 1. The predicted octanol–water partition coefficient (Wildman–Crippen LogP) is 1.88. The number of carbonyl (C=O) groups is 2. The Morgan fingerprint density at radius 3 is 2.64 bits per heavy atom. The number of amides is 2. The van der Waals surface area contributed by atoms with Gasteiger partial charge in [0.05, 0.1) is 4.92 Å². The van der Waals surface area contributed by atoms with Crippen LogP contribution in [0.3, 0.4) is 0 Å². The number of benzene rings is 1. The molecule has 1 aromatic rings. The topological polar surface area (TPSA) is 102 Å². The molecule has 0 aliphatic carbocycles. The predicted molar refractivity (Wildman–Crippen MR) is 91.2 cm³/mol. The molecule has 2 amide bonds. The minimum atomic E-state index is -0.617. The zero-order chi connectivity index (χ0) is 18.4. The minimum absolute atomic E-state index is 0.0494. The van der Waals surface area contributed by atoms with Gasteiger partial charge in [0.1, 0.15) is 11.8 Å². The summed E-state index contributed by atoms with van der Waals surface area (Å²) in [6, 6.07) is 5.03. The smallest absolute Gasteiger partial charge is 0.269 e. The SMILES string of the molecule is C[C@@H]1CCCCN1C(=O)[C@@H](C)NC(=O)COc1ccc([N+](=O)[O-])cc1. The highest BCUT2D eigenvalue weighted by atomic mass is 16.6. The van der Waals surface area contributed by atoms with Crippen LogP contribution in [0.4, 0.5) is 5.69 Å². The van der Waals surface area contributed by atoms with Crippen LogP contribution < -0.4 is 10.1 Å². The monoisotopic (exact) mass is 349 g/mol. The fourth-order valence-corrected chi connectivity index (χ4v) is 2.83. The lowest BCUT2D eigenvalue weighted by Gasteiger charge is -2.35. The fraction of sp³-hybridized carbons (Fsp3) is 0.529. The van der Waals surface area contributed by atoms with Gasteiger partial charge in [-0.05, 0) is 45.2 Å². The number of piperidine rings is 1. The van der Waals surface area contributed by atoms with E-state index in [1.165, 1.54) is 24.3 Å². The highest BCUT2D eigenvalue weighted by molar-refractivity contribution is 5.88. The Balaban J connectivity index is 1.80. The van der Waals surface area contributed by atoms with E-state index in [9.17, 15) is 19.7 Å². The summed E-state index contributed by atoms with van der Waals surface area (Å²) in [4.78, 5) is 36.3. The van der Waals surface area contributed by atoms with Crippen molar-refractivity contribution in [3.8, 4) is 5.75 Å². The molecule has 2 atom stereocenters. The van der Waals surface area contributed by atoms with E-state index in [4.69, 9.17) is 4.74 Å². The lowest BCUT2D eigenvalue weighted by Crippen LogP contribution is -2.52. The van der Waals surface area contributed by atoms with E-state index in [-0.39, 0.29) is 24.2 Å². The second kappa shape index (κ2) is 8.46. The van der Waals surface area contributed by atoms with Crippen LogP contribution in [-0.4, -0.2) is 46.9 Å². The van der Waals surface area contributed by atoms with Gasteiger partial charge in [0.15, 0.2) is 6.61 Å². The molecule has 1 fully saturated rings. The molecular formula is C17H23N3O5. The van der Waals surface area contributed by atoms with Crippen LogP contribution in [0.5, 0.6) is 5.75 Å². The van der Waals surface area contributed by atoms with Gasteiger partial charge in [-0.2, -0.15) is 0 Å². The van der Waals surface area contributed by atoms with Crippen molar-refractivity contribution in [2.75, 3.05) is 13.2 Å². The van der Waals surface area contributed by atoms with Crippen molar-refractivity contribution in [1.29, 1.82) is 0 Å². The molecular weight excluding hydrogens is 326 g/mol. The van der Waals surface area contributed by atoms with Gasteiger partial charge in [-0.15, -0.1) is 0 Å². The van der Waals surface area contributed by atoms with E-state index >= 15 is 0 Å². The van der Waals surface area contributed by atoms with E-state index < -0.39 is 16.9 Å². The third kappa shape index (κ3) is 5.17. The zero-order valence-electron chi connectivity index (χ0n) is 14.4. The number of rotatable bonds is 6. The Kier molecular flexibility index (Phi) is 6.32. The molecule has 1 aliphatic rings. The summed E-state index contributed by atoms with van der Waals surface area (Å²) < 4.78 is 5.29. The maximum atomic E-state index is 12.4. The number of hydrogen-bond acceptors (Lipinski definition) is 5. The highest BCUT2D eigenvalue weighted by Crippen LogP contribution is 2.18. The van der Waals surface area contributed by atoms with Gasteiger partial charge in [0.2, 0.25) is 5.91 Å². The van der Waals surface area contributed by atoms with Crippen LogP contribution in [0.1, 0.15) is 33.1 Å². The molecule has 0 radical (unpaired) electrons. The number of likely N-dealkylation sites (tertiary alicyclic amines) is 1. The normalized spacial score (nSPS) is 18.3. The number of nitrogens with zero attached hydrogens (tertiary/aromatic N) is 2. The molecule has 0 aromatic heterocycles. The first-order chi connectivity index (χ1) is 11.9. The first-order valence-electron chi connectivity index (χ1n) is 8.35. The molecule has 1 heterocycles. The molecule has 8 heteroatoms. The highest BCUT2D eigenvalue weighted by Gasteiger charge is 2.27. The first-order valence-corrected chi connectivity index (χ1v) is 8.35. The number of hydrogen-bond donors (Lipinski definition) is 1. The molecule has 0 bridgehead atoms. The second-order valence-electron chi connectivity index (χ2n) is 6.21. The van der Waals surface area contributed by atoms with Crippen molar-refractivity contribution in [2.24, 2.45) is 0 Å². The largest absolute Gasteiger partial charge is 0.484 e. The Hall–Kier alpha value is -2.64. The van der Waals surface area contributed by atoms with Gasteiger partial charge in [-0.3, -0.25) is 19.7 Å². The molecule has 1 aliphatic heterocycles. The van der Waals surface area contributed by atoms with E-state index in [2.05, 4.69) is 5.32 Å². The molecule has 0 saturated carbocycles. The standard InChI is InChI=1S/C17H23N3O5/c1-12-5-3-4-10-19(12)17(22)13(2)18-16(21)11-25-15-8-6-14(7-9-15)20(23)24/h6-9,12-13H,3-5,10-11H2,1-2H3,(H,18,21)/t12-,13-/m1/s1. The van der Waals surface area contributed by atoms with Crippen molar-refractivity contribution in [3.05, 3.63) is 34.4 Å². The number of carbonyl (C=O) groups excluding carboxylic acids is 2. The lowest BCUT2D eigenvalue weighted by molar-refractivity contribution is -0.384. The van der Waals surface area contributed by atoms with Crippen LogP contribution >= 0.6 is 0 Å². The molecule has 8 nitrogen and oxygen atoms in total. The molecule has 1 N–H and O–H groups in total. The maximum Gasteiger partial charge on any atom is 0.269 e. The van der Waals surface area contributed by atoms with Crippen molar-refractivity contribution in [1.82, 2.24) is 10.2 Å². The van der Waals surface area contributed by atoms with Gasteiger partial charge in [0.25, 0.3) is 11.6 Å². The average Bonchev–Trinajstić information content (AvgIpc) is 2.60. The number of nitro groups is 1. The Morgan fingerprint density at radius 1 is 1.36 bits per heavy atom. The van der Waals surface area contributed by atoms with Crippen molar-refractivity contribution in [2.45, 2.75) is 45.2 Å². The van der Waals surface area contributed by atoms with Crippen LogP contribution in [0.15, 0.2) is 24.3 Å². The summed E-state index contributed by atoms with van der Waals surface area (Å²) in [6.07, 6.45) is 3.09. The quantitative estimate of drug-likeness (QED) is 0.624. The summed E-state index contributed by atoms with van der Waals surface area (Å²) in [5.41, 5.74) is -0.0494. The number of ether oxygens (including phenoxy) is 1. The van der Waals surface area contributed by atoms with Crippen molar-refractivity contribution in [3.63, 3.8) is 0 Å². The summed E-state index contributed by atoms with van der Waals surface area (Å²) in [6.45, 7) is 4.14. The summed E-state index contributed by atoms with van der Waals surface area (Å²) >= 11 is 0. The van der Waals surface area contributed by atoms with E-state index in [1.54, 1.807) is 6.92 Å². The van der Waals surface area contributed by atoms with E-state index in [0.29, 0.717) is 5.75 Å². The minimum Gasteiger partial charge on any atom is -0.484 e. The van der Waals surface area contributed by atoms with Gasteiger partial charge in [-0.25, -0.2) is 0 Å². The lowest BCUT2D eigenvalue weighted by atomic mass is 10.0. The van der Waals surface area contributed by atoms with Gasteiger partial charge >= 0.3 is 0 Å².